The van der Waals surface area contributed by atoms with E-state index >= 15 is 0 Å². The molecule has 3 heterocycles. The van der Waals surface area contributed by atoms with Crippen molar-refractivity contribution in [1.82, 2.24) is 4.57 Å². The molecule has 0 spiro atoms. The Morgan fingerprint density at radius 1 is 1.32 bits per heavy atom. The Morgan fingerprint density at radius 2 is 2.11 bits per heavy atom. The Balaban J connectivity index is 2.03. The van der Waals surface area contributed by atoms with Crippen LogP contribution in [0.2, 0.25) is 5.02 Å². The van der Waals surface area contributed by atoms with Crippen LogP contribution in [0.15, 0.2) is 68.1 Å². The molecule has 1 unspecified atom stereocenters. The maximum absolute atomic E-state index is 13.2. The number of furan rings is 1. The van der Waals surface area contributed by atoms with Gasteiger partial charge >= 0.3 is 5.97 Å². The van der Waals surface area contributed by atoms with Crippen LogP contribution in [0.3, 0.4) is 0 Å². The summed E-state index contributed by atoms with van der Waals surface area (Å²) in [6.07, 6.45) is 3.19. The minimum atomic E-state index is -0.726. The summed E-state index contributed by atoms with van der Waals surface area (Å²) in [5.41, 5.74) is 1.12. The predicted molar refractivity (Wildman–Crippen MR) is 106 cm³/mol. The fourth-order valence-electron chi connectivity index (χ4n) is 3.19. The molecule has 142 valence electrons. The molecule has 0 saturated heterocycles. The highest BCUT2D eigenvalue weighted by molar-refractivity contribution is 7.07. The maximum atomic E-state index is 13.2. The van der Waals surface area contributed by atoms with E-state index in [9.17, 15) is 9.59 Å². The standard InChI is InChI=1S/C20H15ClN2O4S/c1-11-16(19(25)26-2)17(13-7-3-4-8-14(13)21)23-18(24)15(28-20(23)22-11)10-12-6-5-9-27-12/h3-10,17H,1-2H3. The molecular weight excluding hydrogens is 400 g/mol. The monoisotopic (exact) mass is 414 g/mol. The van der Waals surface area contributed by atoms with Gasteiger partial charge < -0.3 is 9.15 Å². The van der Waals surface area contributed by atoms with E-state index in [4.69, 9.17) is 20.8 Å². The first-order valence-electron chi connectivity index (χ1n) is 8.40. The minimum Gasteiger partial charge on any atom is -0.466 e. The van der Waals surface area contributed by atoms with Gasteiger partial charge in [-0.1, -0.05) is 41.1 Å². The molecule has 1 aliphatic heterocycles. The number of rotatable bonds is 3. The molecule has 4 rings (SSSR count). The van der Waals surface area contributed by atoms with E-state index in [2.05, 4.69) is 4.99 Å². The molecule has 8 heteroatoms. The highest BCUT2D eigenvalue weighted by Crippen LogP contribution is 2.34. The van der Waals surface area contributed by atoms with Gasteiger partial charge in [0.2, 0.25) is 0 Å². The number of halogens is 1. The number of carbonyl (C=O) groups is 1. The summed E-state index contributed by atoms with van der Waals surface area (Å²) < 4.78 is 12.2. The highest BCUT2D eigenvalue weighted by Gasteiger charge is 2.34. The van der Waals surface area contributed by atoms with Crippen LogP contribution in [-0.4, -0.2) is 17.6 Å². The predicted octanol–water partition coefficient (Wildman–Crippen LogP) is 2.65. The lowest BCUT2D eigenvalue weighted by molar-refractivity contribution is -0.136. The van der Waals surface area contributed by atoms with E-state index in [1.54, 1.807) is 43.3 Å². The number of allylic oxidation sites excluding steroid dienone is 1. The summed E-state index contributed by atoms with van der Waals surface area (Å²) in [5.74, 6) is 0.00921. The third-order valence-electron chi connectivity index (χ3n) is 4.44. The Hall–Kier alpha value is -2.90. The van der Waals surface area contributed by atoms with Gasteiger partial charge in [0.1, 0.15) is 11.8 Å². The molecule has 28 heavy (non-hydrogen) atoms. The van der Waals surface area contributed by atoms with Gasteiger partial charge in [-0.25, -0.2) is 9.79 Å². The molecule has 1 aromatic carbocycles. The van der Waals surface area contributed by atoms with Crippen molar-refractivity contribution in [2.75, 3.05) is 7.11 Å². The average molecular weight is 415 g/mol. The molecule has 0 N–H and O–H groups in total. The maximum Gasteiger partial charge on any atom is 0.338 e. The van der Waals surface area contributed by atoms with E-state index in [-0.39, 0.29) is 11.1 Å². The van der Waals surface area contributed by atoms with Crippen molar-refractivity contribution < 1.29 is 13.9 Å². The van der Waals surface area contributed by atoms with E-state index in [0.717, 1.165) is 0 Å². The lowest BCUT2D eigenvalue weighted by Crippen LogP contribution is -2.39. The average Bonchev–Trinajstić information content (AvgIpc) is 3.29. The molecule has 2 aromatic heterocycles. The number of hydrogen-bond donors (Lipinski definition) is 0. The Labute approximate surface area is 168 Å². The number of fused-ring (bicyclic) bond motifs is 1. The van der Waals surface area contributed by atoms with E-state index in [1.807, 2.05) is 6.07 Å². The minimum absolute atomic E-state index is 0.279. The molecular formula is C20H15ClN2O4S. The van der Waals surface area contributed by atoms with Crippen LogP contribution in [0, 0.1) is 0 Å². The summed E-state index contributed by atoms with van der Waals surface area (Å²) in [4.78, 5) is 30.7. The fourth-order valence-corrected chi connectivity index (χ4v) is 4.45. The quantitative estimate of drug-likeness (QED) is 0.617. The van der Waals surface area contributed by atoms with Crippen LogP contribution >= 0.6 is 22.9 Å². The van der Waals surface area contributed by atoms with Gasteiger partial charge in [-0.05, 0) is 30.7 Å². The van der Waals surface area contributed by atoms with Gasteiger partial charge in [-0.15, -0.1) is 0 Å². The molecule has 0 aliphatic carbocycles. The smallest absolute Gasteiger partial charge is 0.338 e. The van der Waals surface area contributed by atoms with E-state index in [1.165, 1.54) is 29.3 Å². The first kappa shape index (κ1) is 18.5. The van der Waals surface area contributed by atoms with Gasteiger partial charge in [0, 0.05) is 11.1 Å². The Kier molecular flexibility index (Phi) is 4.78. The number of nitrogens with zero attached hydrogens (tertiary/aromatic N) is 2. The van der Waals surface area contributed by atoms with Crippen molar-refractivity contribution in [3.63, 3.8) is 0 Å². The highest BCUT2D eigenvalue weighted by atomic mass is 35.5. The zero-order chi connectivity index (χ0) is 19.8. The van der Waals surface area contributed by atoms with Crippen molar-refractivity contribution in [2.45, 2.75) is 13.0 Å². The summed E-state index contributed by atoms with van der Waals surface area (Å²) in [6, 6.07) is 9.89. The molecule has 1 aliphatic rings. The normalized spacial score (nSPS) is 16.7. The van der Waals surface area contributed by atoms with Gasteiger partial charge in [0.05, 0.1) is 29.2 Å². The summed E-state index contributed by atoms with van der Waals surface area (Å²) >= 11 is 7.65. The fraction of sp³-hybridized carbons (Fsp3) is 0.150. The number of benzene rings is 1. The molecule has 0 amide bonds. The van der Waals surface area contributed by atoms with Crippen molar-refractivity contribution in [3.8, 4) is 0 Å². The second-order valence-electron chi connectivity index (χ2n) is 6.11. The number of aromatic nitrogens is 1. The molecule has 0 saturated carbocycles. The van der Waals surface area contributed by atoms with Crippen LogP contribution in [0.25, 0.3) is 6.08 Å². The number of ether oxygens (including phenoxy) is 1. The third kappa shape index (κ3) is 3.02. The Bertz CT molecular complexity index is 1270. The largest absolute Gasteiger partial charge is 0.466 e. The molecule has 1 atom stereocenters. The second-order valence-corrected chi connectivity index (χ2v) is 7.53. The van der Waals surface area contributed by atoms with Crippen LogP contribution in [-0.2, 0) is 9.53 Å². The molecule has 0 fully saturated rings. The van der Waals surface area contributed by atoms with Crippen LogP contribution in [0.5, 0.6) is 0 Å². The number of carbonyl (C=O) groups excluding carboxylic acids is 1. The first-order chi connectivity index (χ1) is 13.5. The lowest BCUT2D eigenvalue weighted by Gasteiger charge is -2.25. The van der Waals surface area contributed by atoms with E-state index < -0.39 is 12.0 Å². The van der Waals surface area contributed by atoms with Gasteiger partial charge in [0.25, 0.3) is 5.56 Å². The zero-order valence-corrected chi connectivity index (χ0v) is 16.6. The number of hydrogen-bond acceptors (Lipinski definition) is 6. The number of thiazole rings is 1. The van der Waals surface area contributed by atoms with Crippen molar-refractivity contribution in [3.05, 3.63) is 90.0 Å². The molecule has 6 nitrogen and oxygen atoms in total. The van der Waals surface area contributed by atoms with Gasteiger partial charge in [-0.3, -0.25) is 9.36 Å². The first-order valence-corrected chi connectivity index (χ1v) is 9.59. The molecule has 0 bridgehead atoms. The van der Waals surface area contributed by atoms with Gasteiger partial charge in [-0.2, -0.15) is 0 Å². The van der Waals surface area contributed by atoms with Crippen molar-refractivity contribution in [1.29, 1.82) is 0 Å². The third-order valence-corrected chi connectivity index (χ3v) is 5.77. The molecule has 3 aromatic rings. The summed E-state index contributed by atoms with van der Waals surface area (Å²) in [7, 11) is 1.30. The summed E-state index contributed by atoms with van der Waals surface area (Å²) in [6.45, 7) is 1.72. The zero-order valence-electron chi connectivity index (χ0n) is 15.0. The second kappa shape index (κ2) is 7.26. The van der Waals surface area contributed by atoms with Crippen molar-refractivity contribution in [2.24, 2.45) is 4.99 Å². The number of esters is 1. The van der Waals surface area contributed by atoms with E-state index in [0.29, 0.717) is 31.4 Å². The lowest BCUT2D eigenvalue weighted by atomic mass is 9.96. The Morgan fingerprint density at radius 3 is 2.79 bits per heavy atom. The van der Waals surface area contributed by atoms with Crippen LogP contribution in [0.4, 0.5) is 0 Å². The summed E-state index contributed by atoms with van der Waals surface area (Å²) in [5, 5.41) is 0.448. The van der Waals surface area contributed by atoms with Crippen molar-refractivity contribution >= 4 is 35.0 Å². The molecule has 0 radical (unpaired) electrons. The topological polar surface area (TPSA) is 73.8 Å². The number of methoxy groups -OCH3 is 1. The van der Waals surface area contributed by atoms with Gasteiger partial charge in [0.15, 0.2) is 4.80 Å². The SMILES string of the molecule is COC(=O)C1=C(C)N=c2sc(=Cc3ccco3)c(=O)n2C1c1ccccc1Cl. The van der Waals surface area contributed by atoms with Crippen LogP contribution in [0.1, 0.15) is 24.3 Å². The van der Waals surface area contributed by atoms with Crippen LogP contribution < -0.4 is 14.9 Å².